The Bertz CT molecular complexity index is 109. The molecule has 0 aromatic rings. The van der Waals surface area contributed by atoms with Crippen LogP contribution in [0.15, 0.2) is 0 Å². The van der Waals surface area contributed by atoms with Crippen LogP contribution in [0.3, 0.4) is 0 Å². The molecule has 0 atom stereocenters. The van der Waals surface area contributed by atoms with Gasteiger partial charge in [0.2, 0.25) is 0 Å². The van der Waals surface area contributed by atoms with Crippen LogP contribution in [0.5, 0.6) is 0 Å². The van der Waals surface area contributed by atoms with Crippen molar-refractivity contribution in [1.82, 2.24) is 5.32 Å². The summed E-state index contributed by atoms with van der Waals surface area (Å²) in [7, 11) is 0. The first kappa shape index (κ1) is 9.96. The highest BCUT2D eigenvalue weighted by molar-refractivity contribution is 4.79. The zero-order valence-electron chi connectivity index (χ0n) is 7.93. The molecule has 0 aromatic carbocycles. The highest BCUT2D eigenvalue weighted by Gasteiger charge is 2.18. The minimum Gasteiger partial charge on any atom is -0.280 e. The monoisotopic (exact) mass is 172 g/mol. The minimum atomic E-state index is 0.529. The topological polar surface area (TPSA) is 30.5 Å². The third-order valence-electron chi connectivity index (χ3n) is 2.14. The molecule has 12 heavy (non-hydrogen) atoms. The summed E-state index contributed by atoms with van der Waals surface area (Å²) < 4.78 is 0. The lowest BCUT2D eigenvalue weighted by Crippen LogP contribution is -2.35. The Labute approximate surface area is 74.4 Å². The van der Waals surface area contributed by atoms with Crippen LogP contribution in [0.25, 0.3) is 0 Å². The molecule has 1 saturated heterocycles. The molecule has 0 bridgehead atoms. The van der Waals surface area contributed by atoms with Gasteiger partial charge in [0.25, 0.3) is 0 Å². The van der Waals surface area contributed by atoms with E-state index in [1.165, 1.54) is 0 Å². The average Bonchev–Trinajstić information content (AvgIpc) is 2.16. The van der Waals surface area contributed by atoms with Gasteiger partial charge in [0.15, 0.2) is 6.23 Å². The van der Waals surface area contributed by atoms with Crippen LogP contribution >= 0.6 is 0 Å². The molecule has 1 heterocycles. The highest BCUT2D eigenvalue weighted by atomic mass is 17.2. The number of hydrogen-bond acceptors (Lipinski definition) is 3. The Balaban J connectivity index is 2.18. The predicted molar refractivity (Wildman–Crippen MR) is 47.0 cm³/mol. The van der Waals surface area contributed by atoms with Gasteiger partial charge in [-0.1, -0.05) is 13.8 Å². The summed E-state index contributed by atoms with van der Waals surface area (Å²) in [6, 6.07) is 0.529. The molecule has 0 saturated carbocycles. The van der Waals surface area contributed by atoms with Gasteiger partial charge in [-0.2, -0.15) is 0 Å². The van der Waals surface area contributed by atoms with Gasteiger partial charge in [0.1, 0.15) is 0 Å². The van der Waals surface area contributed by atoms with Gasteiger partial charge in [-0.25, -0.2) is 9.78 Å². The normalized spacial score (nSPS) is 20.2. The molecule has 0 aromatic heterocycles. The van der Waals surface area contributed by atoms with Crippen molar-refractivity contribution in [1.29, 1.82) is 0 Å². The molecule has 3 nitrogen and oxygen atoms in total. The zero-order valence-corrected chi connectivity index (χ0v) is 7.93. The fourth-order valence-corrected chi connectivity index (χ4v) is 1.26. The molecule has 71 valence electrons. The summed E-state index contributed by atoms with van der Waals surface area (Å²) in [5, 5.41) is 3.32. The molecule has 1 radical (unpaired) electrons. The summed E-state index contributed by atoms with van der Waals surface area (Å²) in [5.41, 5.74) is 0. The van der Waals surface area contributed by atoms with Gasteiger partial charge in [-0.3, -0.25) is 5.32 Å². The lowest BCUT2D eigenvalue weighted by atomic mass is 10.1. The quantitative estimate of drug-likeness (QED) is 0.658. The molecular formula is C9H18NO2. The highest BCUT2D eigenvalue weighted by Crippen LogP contribution is 2.16. The summed E-state index contributed by atoms with van der Waals surface area (Å²) in [5.74, 6) is 0. The zero-order chi connectivity index (χ0) is 8.81. The van der Waals surface area contributed by atoms with Crippen molar-refractivity contribution in [3.63, 3.8) is 0 Å². The van der Waals surface area contributed by atoms with Crippen molar-refractivity contribution in [2.45, 2.75) is 45.6 Å². The predicted octanol–water partition coefficient (Wildman–Crippen LogP) is 2.00. The summed E-state index contributed by atoms with van der Waals surface area (Å²) >= 11 is 0. The summed E-state index contributed by atoms with van der Waals surface area (Å²) in [4.78, 5) is 9.89. The van der Waals surface area contributed by atoms with E-state index in [-0.39, 0.29) is 0 Å². The lowest BCUT2D eigenvalue weighted by Gasteiger charge is -2.24. The Morgan fingerprint density at radius 3 is 2.67 bits per heavy atom. The molecule has 0 spiro atoms. The van der Waals surface area contributed by atoms with E-state index in [0.717, 1.165) is 31.9 Å². The Morgan fingerprint density at radius 2 is 2.17 bits per heavy atom. The molecule has 1 fully saturated rings. The second-order valence-corrected chi connectivity index (χ2v) is 3.09. The minimum absolute atomic E-state index is 0.529. The van der Waals surface area contributed by atoms with E-state index >= 15 is 0 Å². The van der Waals surface area contributed by atoms with Crippen molar-refractivity contribution in [3.8, 4) is 0 Å². The molecule has 1 aliphatic heterocycles. The largest absolute Gasteiger partial charge is 0.280 e. The number of nitrogens with one attached hydrogen (secondary N) is 1. The van der Waals surface area contributed by atoms with Gasteiger partial charge in [-0.15, -0.1) is 0 Å². The van der Waals surface area contributed by atoms with Crippen molar-refractivity contribution in [2.24, 2.45) is 0 Å². The summed E-state index contributed by atoms with van der Waals surface area (Å²) in [6.07, 6.45) is 5.20. The van der Waals surface area contributed by atoms with Crippen molar-refractivity contribution >= 4 is 0 Å². The van der Waals surface area contributed by atoms with E-state index < -0.39 is 0 Å². The molecule has 1 rings (SSSR count). The first-order valence-corrected chi connectivity index (χ1v) is 4.78. The molecule has 1 aliphatic rings. The molecule has 1 N–H and O–H groups in total. The van der Waals surface area contributed by atoms with Crippen LogP contribution in [-0.4, -0.2) is 12.6 Å². The number of hydrogen-bond donors (Lipinski definition) is 1. The van der Waals surface area contributed by atoms with Crippen molar-refractivity contribution in [2.75, 3.05) is 6.61 Å². The van der Waals surface area contributed by atoms with Crippen LogP contribution < -0.4 is 5.32 Å². The first-order valence-electron chi connectivity index (χ1n) is 4.78. The second kappa shape index (κ2) is 5.51. The van der Waals surface area contributed by atoms with E-state index in [1.807, 2.05) is 0 Å². The maximum atomic E-state index is 5.02. The van der Waals surface area contributed by atoms with Gasteiger partial charge in [0, 0.05) is 6.04 Å². The van der Waals surface area contributed by atoms with E-state index in [2.05, 4.69) is 19.2 Å². The second-order valence-electron chi connectivity index (χ2n) is 3.09. The SMILES string of the molecule is CCC(CC)N[C]1CCCOO1. The smallest absolute Gasteiger partial charge is 0.200 e. The molecule has 3 heteroatoms. The van der Waals surface area contributed by atoms with Gasteiger partial charge < -0.3 is 0 Å². The third-order valence-corrected chi connectivity index (χ3v) is 2.14. The fourth-order valence-electron chi connectivity index (χ4n) is 1.26. The van der Waals surface area contributed by atoms with E-state index in [0.29, 0.717) is 12.6 Å². The molecule has 0 amide bonds. The maximum absolute atomic E-state index is 5.02. The van der Waals surface area contributed by atoms with Gasteiger partial charge in [0.05, 0.1) is 6.61 Å². The van der Waals surface area contributed by atoms with Crippen LogP contribution in [0.2, 0.25) is 0 Å². The fraction of sp³-hybridized carbons (Fsp3) is 0.889. The molecular weight excluding hydrogens is 154 g/mol. The Kier molecular flexibility index (Phi) is 4.58. The Hall–Kier alpha value is -0.120. The number of rotatable bonds is 4. The lowest BCUT2D eigenvalue weighted by molar-refractivity contribution is -0.312. The van der Waals surface area contributed by atoms with Gasteiger partial charge >= 0.3 is 0 Å². The average molecular weight is 172 g/mol. The third kappa shape index (κ3) is 3.09. The standard InChI is InChI=1S/C9H18NO2/c1-3-8(4-2)10-9-6-5-7-11-12-9/h8,10H,3-7H2,1-2H3. The van der Waals surface area contributed by atoms with Crippen LogP contribution in [-0.2, 0) is 9.78 Å². The van der Waals surface area contributed by atoms with Crippen molar-refractivity contribution in [3.05, 3.63) is 6.23 Å². The summed E-state index contributed by atoms with van der Waals surface area (Å²) in [6.45, 7) is 5.06. The first-order chi connectivity index (χ1) is 5.86. The van der Waals surface area contributed by atoms with E-state index in [9.17, 15) is 0 Å². The van der Waals surface area contributed by atoms with E-state index in [1.54, 1.807) is 0 Å². The molecule has 0 unspecified atom stereocenters. The van der Waals surface area contributed by atoms with Crippen molar-refractivity contribution < 1.29 is 9.78 Å². The maximum Gasteiger partial charge on any atom is 0.200 e. The van der Waals surface area contributed by atoms with Crippen LogP contribution in [0, 0.1) is 6.23 Å². The van der Waals surface area contributed by atoms with Crippen LogP contribution in [0.1, 0.15) is 39.5 Å². The van der Waals surface area contributed by atoms with E-state index in [4.69, 9.17) is 9.78 Å². The van der Waals surface area contributed by atoms with Crippen LogP contribution in [0.4, 0.5) is 0 Å². The molecule has 0 aliphatic carbocycles. The van der Waals surface area contributed by atoms with Gasteiger partial charge in [-0.05, 0) is 25.7 Å². The Morgan fingerprint density at radius 1 is 1.42 bits per heavy atom.